The molecule has 0 spiro atoms. The van der Waals surface area contributed by atoms with Gasteiger partial charge in [0.25, 0.3) is 0 Å². The molecule has 1 aliphatic carbocycles. The highest BCUT2D eigenvalue weighted by Crippen LogP contribution is 2.52. The van der Waals surface area contributed by atoms with Gasteiger partial charge >= 0.3 is 0 Å². The molecule has 0 saturated carbocycles. The number of fused-ring (bicyclic) bond motifs is 6. The third kappa shape index (κ3) is 3.25. The van der Waals surface area contributed by atoms with Crippen molar-refractivity contribution in [1.82, 2.24) is 4.98 Å². The van der Waals surface area contributed by atoms with Crippen molar-refractivity contribution in [2.75, 3.05) is 4.90 Å². The fourth-order valence-electron chi connectivity index (χ4n) is 6.22. The summed E-state index contributed by atoms with van der Waals surface area (Å²) in [6, 6.07) is 46.1. The minimum Gasteiger partial charge on any atom is -0.456 e. The SMILES string of the molecule is c1ccc(-c2nc3c(o2)-c2ccc(N(c4ccccc4)c4ccc5oc6ccccc6c5c4)c4cccc-3c24)cc1. The summed E-state index contributed by atoms with van der Waals surface area (Å²) in [5, 5.41) is 4.53. The van der Waals surface area contributed by atoms with Gasteiger partial charge in [0.2, 0.25) is 5.89 Å². The molecule has 0 atom stereocenters. The number of para-hydroxylation sites is 2. The summed E-state index contributed by atoms with van der Waals surface area (Å²) in [7, 11) is 0. The molecule has 1 aliphatic rings. The van der Waals surface area contributed by atoms with E-state index in [1.807, 2.05) is 42.5 Å². The second-order valence-corrected chi connectivity index (χ2v) is 10.4. The Morgan fingerprint density at radius 3 is 2.15 bits per heavy atom. The van der Waals surface area contributed by atoms with Crippen molar-refractivity contribution < 1.29 is 8.83 Å². The predicted molar refractivity (Wildman–Crippen MR) is 166 cm³/mol. The maximum atomic E-state index is 6.40. The average Bonchev–Trinajstić information content (AvgIpc) is 3.72. The minimum atomic E-state index is 0.647. The van der Waals surface area contributed by atoms with Crippen LogP contribution in [0.25, 0.3) is 66.7 Å². The molecule has 0 saturated heterocycles. The van der Waals surface area contributed by atoms with E-state index < -0.39 is 0 Å². The average molecular weight is 527 g/mol. The zero-order valence-electron chi connectivity index (χ0n) is 21.9. The topological polar surface area (TPSA) is 42.4 Å². The van der Waals surface area contributed by atoms with Gasteiger partial charge < -0.3 is 13.7 Å². The second kappa shape index (κ2) is 8.44. The zero-order valence-corrected chi connectivity index (χ0v) is 21.9. The maximum absolute atomic E-state index is 6.40. The predicted octanol–water partition coefficient (Wildman–Crippen LogP) is 10.5. The van der Waals surface area contributed by atoms with Crippen molar-refractivity contribution in [2.45, 2.75) is 0 Å². The second-order valence-electron chi connectivity index (χ2n) is 10.4. The number of anilines is 3. The summed E-state index contributed by atoms with van der Waals surface area (Å²) in [6.45, 7) is 0. The van der Waals surface area contributed by atoms with Crippen LogP contribution < -0.4 is 4.90 Å². The molecule has 4 nitrogen and oxygen atoms in total. The summed E-state index contributed by atoms with van der Waals surface area (Å²) in [5.74, 6) is 1.48. The molecule has 0 bridgehead atoms. The first-order valence-corrected chi connectivity index (χ1v) is 13.7. The highest BCUT2D eigenvalue weighted by Gasteiger charge is 2.30. The molecule has 8 aromatic rings. The van der Waals surface area contributed by atoms with Crippen LogP contribution in [0.3, 0.4) is 0 Å². The quantitative estimate of drug-likeness (QED) is 0.229. The first-order chi connectivity index (χ1) is 20.3. The monoisotopic (exact) mass is 526 g/mol. The van der Waals surface area contributed by atoms with E-state index in [4.69, 9.17) is 13.8 Å². The van der Waals surface area contributed by atoms with Crippen LogP contribution in [0.4, 0.5) is 17.1 Å². The molecule has 192 valence electrons. The van der Waals surface area contributed by atoms with Gasteiger partial charge in [-0.1, -0.05) is 72.8 Å². The van der Waals surface area contributed by atoms with E-state index in [9.17, 15) is 0 Å². The molecule has 0 radical (unpaired) electrons. The zero-order chi connectivity index (χ0) is 26.9. The lowest BCUT2D eigenvalue weighted by Gasteiger charge is -2.27. The number of aromatic nitrogens is 1. The summed E-state index contributed by atoms with van der Waals surface area (Å²) in [4.78, 5) is 7.28. The molecular weight excluding hydrogens is 504 g/mol. The standard InChI is InChI=1S/C37H22N2O2/c1-3-10-23(11-4-1)37-38-35-28-16-9-15-27-31(20-19-29(34(27)28)36(35)41-37)39(24-12-5-2-6-13-24)25-18-21-33-30(22-25)26-14-7-8-17-32(26)40-33/h1-22H. The molecule has 0 amide bonds. The van der Waals surface area contributed by atoms with Gasteiger partial charge in [-0.15, -0.1) is 0 Å². The van der Waals surface area contributed by atoms with Gasteiger partial charge in [-0.3, -0.25) is 0 Å². The van der Waals surface area contributed by atoms with Crippen LogP contribution in [0.15, 0.2) is 142 Å². The molecule has 0 unspecified atom stereocenters. The lowest BCUT2D eigenvalue weighted by atomic mass is 10.0. The third-order valence-corrected chi connectivity index (χ3v) is 8.04. The summed E-state index contributed by atoms with van der Waals surface area (Å²) in [5.41, 5.74) is 9.08. The number of oxazole rings is 1. The van der Waals surface area contributed by atoms with Crippen molar-refractivity contribution in [2.24, 2.45) is 0 Å². The molecule has 2 heterocycles. The molecule has 0 fully saturated rings. The van der Waals surface area contributed by atoms with Gasteiger partial charge in [-0.25, -0.2) is 4.98 Å². The van der Waals surface area contributed by atoms with Gasteiger partial charge in [0.1, 0.15) is 16.9 Å². The van der Waals surface area contributed by atoms with Crippen molar-refractivity contribution in [3.8, 4) is 34.0 Å². The fraction of sp³-hybridized carbons (Fsp3) is 0. The molecule has 4 heteroatoms. The Morgan fingerprint density at radius 2 is 1.27 bits per heavy atom. The minimum absolute atomic E-state index is 0.647. The Bertz CT molecular complexity index is 2230. The van der Waals surface area contributed by atoms with Crippen LogP contribution in [0.2, 0.25) is 0 Å². The van der Waals surface area contributed by atoms with Crippen LogP contribution in [-0.4, -0.2) is 4.98 Å². The maximum Gasteiger partial charge on any atom is 0.227 e. The van der Waals surface area contributed by atoms with E-state index in [-0.39, 0.29) is 0 Å². The molecule has 41 heavy (non-hydrogen) atoms. The third-order valence-electron chi connectivity index (χ3n) is 8.04. The van der Waals surface area contributed by atoms with E-state index in [1.54, 1.807) is 0 Å². The number of hydrogen-bond donors (Lipinski definition) is 0. The van der Waals surface area contributed by atoms with Gasteiger partial charge in [0.15, 0.2) is 5.76 Å². The Morgan fingerprint density at radius 1 is 0.512 bits per heavy atom. The number of hydrogen-bond acceptors (Lipinski definition) is 4. The van der Waals surface area contributed by atoms with Crippen LogP contribution in [0.1, 0.15) is 0 Å². The Kier molecular flexibility index (Phi) is 4.58. The lowest BCUT2D eigenvalue weighted by molar-refractivity contribution is 0.590. The lowest BCUT2D eigenvalue weighted by Crippen LogP contribution is -2.10. The molecule has 0 N–H and O–H groups in total. The normalized spacial score (nSPS) is 11.9. The Labute approximate surface area is 235 Å². The van der Waals surface area contributed by atoms with E-state index in [0.29, 0.717) is 5.89 Å². The summed E-state index contributed by atoms with van der Waals surface area (Å²) >= 11 is 0. The van der Waals surface area contributed by atoms with Crippen LogP contribution in [0.5, 0.6) is 0 Å². The number of nitrogens with zero attached hydrogens (tertiary/aromatic N) is 2. The van der Waals surface area contributed by atoms with Crippen molar-refractivity contribution in [1.29, 1.82) is 0 Å². The molecule has 0 aliphatic heterocycles. The Hall–Kier alpha value is -5.61. The van der Waals surface area contributed by atoms with E-state index in [2.05, 4.69) is 95.9 Å². The van der Waals surface area contributed by atoms with E-state index in [0.717, 1.165) is 72.5 Å². The van der Waals surface area contributed by atoms with E-state index in [1.165, 1.54) is 5.39 Å². The highest BCUT2D eigenvalue weighted by molar-refractivity contribution is 6.18. The Balaban J connectivity index is 1.26. The van der Waals surface area contributed by atoms with Crippen molar-refractivity contribution in [3.05, 3.63) is 133 Å². The van der Waals surface area contributed by atoms with Crippen molar-refractivity contribution >= 4 is 49.8 Å². The number of benzene rings is 6. The van der Waals surface area contributed by atoms with Gasteiger partial charge in [0, 0.05) is 49.6 Å². The largest absolute Gasteiger partial charge is 0.456 e. The molecular formula is C37H22N2O2. The van der Waals surface area contributed by atoms with Crippen LogP contribution >= 0.6 is 0 Å². The van der Waals surface area contributed by atoms with Gasteiger partial charge in [-0.05, 0) is 60.7 Å². The molecule has 6 aromatic carbocycles. The fourth-order valence-corrected chi connectivity index (χ4v) is 6.22. The van der Waals surface area contributed by atoms with E-state index >= 15 is 0 Å². The van der Waals surface area contributed by atoms with Gasteiger partial charge in [0.05, 0.1) is 5.69 Å². The smallest absolute Gasteiger partial charge is 0.227 e. The summed E-state index contributed by atoms with van der Waals surface area (Å²) < 4.78 is 12.5. The van der Waals surface area contributed by atoms with Crippen LogP contribution in [0, 0.1) is 0 Å². The molecule has 9 rings (SSSR count). The first kappa shape index (κ1) is 22.2. The first-order valence-electron chi connectivity index (χ1n) is 13.7. The van der Waals surface area contributed by atoms with Crippen LogP contribution in [-0.2, 0) is 0 Å². The van der Waals surface area contributed by atoms with Gasteiger partial charge in [-0.2, -0.15) is 0 Å². The highest BCUT2D eigenvalue weighted by atomic mass is 16.4. The summed E-state index contributed by atoms with van der Waals surface area (Å²) in [6.07, 6.45) is 0. The molecule has 2 aromatic heterocycles. The van der Waals surface area contributed by atoms with Crippen molar-refractivity contribution in [3.63, 3.8) is 0 Å². The number of furan rings is 1. The number of rotatable bonds is 4.